The summed E-state index contributed by atoms with van der Waals surface area (Å²) in [5.74, 6) is 1.16. The maximum Gasteiger partial charge on any atom is 0.224 e. The van der Waals surface area contributed by atoms with Gasteiger partial charge in [0.1, 0.15) is 0 Å². The first-order chi connectivity index (χ1) is 12.5. The molecule has 2 aromatic carbocycles. The van der Waals surface area contributed by atoms with Gasteiger partial charge in [-0.25, -0.2) is 0 Å². The van der Waals surface area contributed by atoms with Crippen LogP contribution in [-0.4, -0.2) is 20.1 Å². The third-order valence-electron chi connectivity index (χ3n) is 4.12. The second kappa shape index (κ2) is 9.46. The molecule has 0 aliphatic rings. The number of halogens is 1. The van der Waals surface area contributed by atoms with Crippen LogP contribution in [-0.2, 0) is 11.3 Å². The number of amides is 1. The molecule has 140 valence electrons. The summed E-state index contributed by atoms with van der Waals surface area (Å²) in [6.07, 6.45) is 0.466. The molecule has 0 heterocycles. The minimum atomic E-state index is 0.00857. The molecule has 0 aliphatic carbocycles. The standard InChI is InChI=1S/C20H25ClN2O3/c1-5-19(24)23-16-8-6-15(7-9-16)13(2)22-12-14-10-17(21)20(26-4)18(11-14)25-3/h6-11,13,22H,5,12H2,1-4H3,(H,23,24). The van der Waals surface area contributed by atoms with Crippen LogP contribution in [0.25, 0.3) is 0 Å². The number of hydrogen-bond donors (Lipinski definition) is 2. The Labute approximate surface area is 159 Å². The number of carbonyl (C=O) groups is 1. The van der Waals surface area contributed by atoms with E-state index in [4.69, 9.17) is 21.1 Å². The van der Waals surface area contributed by atoms with Crippen molar-refractivity contribution in [3.63, 3.8) is 0 Å². The van der Waals surface area contributed by atoms with Gasteiger partial charge in [-0.3, -0.25) is 4.79 Å². The van der Waals surface area contributed by atoms with E-state index in [0.717, 1.165) is 16.8 Å². The highest BCUT2D eigenvalue weighted by Crippen LogP contribution is 2.36. The highest BCUT2D eigenvalue weighted by Gasteiger charge is 2.12. The minimum absolute atomic E-state index is 0.00857. The number of methoxy groups -OCH3 is 2. The zero-order valence-electron chi connectivity index (χ0n) is 15.6. The highest BCUT2D eigenvalue weighted by molar-refractivity contribution is 6.32. The van der Waals surface area contributed by atoms with Gasteiger partial charge in [0.2, 0.25) is 5.91 Å². The molecule has 2 N–H and O–H groups in total. The molecule has 1 atom stereocenters. The fourth-order valence-corrected chi connectivity index (χ4v) is 2.88. The molecule has 26 heavy (non-hydrogen) atoms. The van der Waals surface area contributed by atoms with Crippen molar-refractivity contribution < 1.29 is 14.3 Å². The summed E-state index contributed by atoms with van der Waals surface area (Å²) in [6.45, 7) is 4.55. The first kappa shape index (κ1) is 20.1. The second-order valence-corrected chi connectivity index (χ2v) is 6.35. The van der Waals surface area contributed by atoms with Crippen molar-refractivity contribution >= 4 is 23.2 Å². The van der Waals surface area contributed by atoms with Crippen LogP contribution in [0.3, 0.4) is 0 Å². The van der Waals surface area contributed by atoms with Crippen LogP contribution in [0.4, 0.5) is 5.69 Å². The first-order valence-corrected chi connectivity index (χ1v) is 8.89. The van der Waals surface area contributed by atoms with Crippen molar-refractivity contribution in [2.75, 3.05) is 19.5 Å². The monoisotopic (exact) mass is 376 g/mol. The van der Waals surface area contributed by atoms with Gasteiger partial charge >= 0.3 is 0 Å². The van der Waals surface area contributed by atoms with Crippen molar-refractivity contribution in [1.82, 2.24) is 5.32 Å². The zero-order chi connectivity index (χ0) is 19.1. The van der Waals surface area contributed by atoms with Gasteiger partial charge in [0.25, 0.3) is 0 Å². The van der Waals surface area contributed by atoms with Gasteiger partial charge in [-0.15, -0.1) is 0 Å². The molecular formula is C20H25ClN2O3. The summed E-state index contributed by atoms with van der Waals surface area (Å²) in [5.41, 5.74) is 2.94. The number of ether oxygens (including phenoxy) is 2. The van der Waals surface area contributed by atoms with E-state index in [1.807, 2.05) is 43.3 Å². The Hall–Kier alpha value is -2.24. The van der Waals surface area contributed by atoms with Crippen LogP contribution in [0, 0.1) is 0 Å². The molecule has 0 aromatic heterocycles. The lowest BCUT2D eigenvalue weighted by Crippen LogP contribution is -2.18. The molecule has 0 fully saturated rings. The van der Waals surface area contributed by atoms with E-state index in [1.54, 1.807) is 14.2 Å². The molecule has 0 bridgehead atoms. The van der Waals surface area contributed by atoms with Crippen molar-refractivity contribution in [2.24, 2.45) is 0 Å². The first-order valence-electron chi connectivity index (χ1n) is 8.52. The lowest BCUT2D eigenvalue weighted by atomic mass is 10.1. The second-order valence-electron chi connectivity index (χ2n) is 5.94. The van der Waals surface area contributed by atoms with E-state index in [9.17, 15) is 4.79 Å². The minimum Gasteiger partial charge on any atom is -0.493 e. The van der Waals surface area contributed by atoms with Crippen molar-refractivity contribution in [3.05, 3.63) is 52.5 Å². The number of nitrogens with one attached hydrogen (secondary N) is 2. The summed E-state index contributed by atoms with van der Waals surface area (Å²) >= 11 is 6.25. The Morgan fingerprint density at radius 2 is 1.85 bits per heavy atom. The van der Waals surface area contributed by atoms with Gasteiger partial charge in [-0.05, 0) is 42.3 Å². The van der Waals surface area contributed by atoms with Crippen LogP contribution < -0.4 is 20.1 Å². The Kier molecular flexibility index (Phi) is 7.30. The van der Waals surface area contributed by atoms with Crippen LogP contribution in [0.1, 0.15) is 37.4 Å². The number of rotatable bonds is 8. The molecule has 5 nitrogen and oxygen atoms in total. The lowest BCUT2D eigenvalue weighted by molar-refractivity contribution is -0.115. The fraction of sp³-hybridized carbons (Fsp3) is 0.350. The molecule has 0 saturated heterocycles. The Morgan fingerprint density at radius 1 is 1.15 bits per heavy atom. The van der Waals surface area contributed by atoms with Crippen LogP contribution in [0.2, 0.25) is 5.02 Å². The maximum atomic E-state index is 11.4. The Bertz CT molecular complexity index is 747. The van der Waals surface area contributed by atoms with Gasteiger partial charge in [-0.1, -0.05) is 30.7 Å². The summed E-state index contributed by atoms with van der Waals surface area (Å²) in [5, 5.41) is 6.83. The fourth-order valence-electron chi connectivity index (χ4n) is 2.57. The van der Waals surface area contributed by atoms with Crippen LogP contribution >= 0.6 is 11.6 Å². The average Bonchev–Trinajstić information content (AvgIpc) is 2.65. The lowest BCUT2D eigenvalue weighted by Gasteiger charge is -2.17. The number of hydrogen-bond acceptors (Lipinski definition) is 4. The van der Waals surface area contributed by atoms with Crippen molar-refractivity contribution in [1.29, 1.82) is 0 Å². The van der Waals surface area contributed by atoms with Crippen molar-refractivity contribution in [3.8, 4) is 11.5 Å². The predicted molar refractivity (Wildman–Crippen MR) is 105 cm³/mol. The molecular weight excluding hydrogens is 352 g/mol. The highest BCUT2D eigenvalue weighted by atomic mass is 35.5. The number of anilines is 1. The zero-order valence-corrected chi connectivity index (χ0v) is 16.3. The molecule has 0 saturated carbocycles. The predicted octanol–water partition coefficient (Wildman–Crippen LogP) is 4.56. The van der Waals surface area contributed by atoms with Crippen LogP contribution in [0.5, 0.6) is 11.5 Å². The Balaban J connectivity index is 2.01. The maximum absolute atomic E-state index is 11.4. The summed E-state index contributed by atoms with van der Waals surface area (Å²) in [6, 6.07) is 11.7. The molecule has 0 spiro atoms. The Morgan fingerprint density at radius 3 is 2.42 bits per heavy atom. The number of benzene rings is 2. The van der Waals surface area contributed by atoms with Gasteiger partial charge in [0.15, 0.2) is 11.5 Å². The largest absolute Gasteiger partial charge is 0.493 e. The number of carbonyl (C=O) groups excluding carboxylic acids is 1. The topological polar surface area (TPSA) is 59.6 Å². The molecule has 0 radical (unpaired) electrons. The molecule has 1 amide bonds. The summed E-state index contributed by atoms with van der Waals surface area (Å²) in [4.78, 5) is 11.4. The molecule has 2 aromatic rings. The van der Waals surface area contributed by atoms with E-state index in [-0.39, 0.29) is 11.9 Å². The average molecular weight is 377 g/mol. The molecule has 1 unspecified atom stereocenters. The molecule has 2 rings (SSSR count). The van der Waals surface area contributed by atoms with E-state index in [0.29, 0.717) is 29.5 Å². The third-order valence-corrected chi connectivity index (χ3v) is 4.40. The van der Waals surface area contributed by atoms with E-state index >= 15 is 0 Å². The smallest absolute Gasteiger partial charge is 0.224 e. The van der Waals surface area contributed by atoms with Crippen LogP contribution in [0.15, 0.2) is 36.4 Å². The molecule has 0 aliphatic heterocycles. The SMILES string of the molecule is CCC(=O)Nc1ccc(C(C)NCc2cc(Cl)c(OC)c(OC)c2)cc1. The van der Waals surface area contributed by atoms with Gasteiger partial charge in [0, 0.05) is 24.7 Å². The van der Waals surface area contributed by atoms with Crippen molar-refractivity contribution in [2.45, 2.75) is 32.9 Å². The van der Waals surface area contributed by atoms with Gasteiger partial charge in [0.05, 0.1) is 19.2 Å². The summed E-state index contributed by atoms with van der Waals surface area (Å²) < 4.78 is 10.6. The van der Waals surface area contributed by atoms with E-state index < -0.39 is 0 Å². The van der Waals surface area contributed by atoms with E-state index in [2.05, 4.69) is 17.6 Å². The van der Waals surface area contributed by atoms with Gasteiger partial charge in [-0.2, -0.15) is 0 Å². The third kappa shape index (κ3) is 5.13. The van der Waals surface area contributed by atoms with E-state index in [1.165, 1.54) is 0 Å². The normalized spacial score (nSPS) is 11.7. The van der Waals surface area contributed by atoms with Gasteiger partial charge < -0.3 is 20.1 Å². The molecule has 6 heteroatoms. The quantitative estimate of drug-likeness (QED) is 0.709. The summed E-state index contributed by atoms with van der Waals surface area (Å²) in [7, 11) is 3.16.